The maximum atomic E-state index is 12.6. The predicted octanol–water partition coefficient (Wildman–Crippen LogP) is 1.46. The molecule has 4 rings (SSSR count). The normalized spacial score (nSPS) is 27.3. The van der Waals surface area contributed by atoms with Gasteiger partial charge in [0.25, 0.3) is 0 Å². The molecule has 1 spiro atoms. The van der Waals surface area contributed by atoms with Crippen LogP contribution in [0.25, 0.3) is 0 Å². The molecule has 8 heteroatoms. The molecule has 3 aliphatic rings. The van der Waals surface area contributed by atoms with E-state index >= 15 is 0 Å². The molecule has 0 aliphatic carbocycles. The zero-order chi connectivity index (χ0) is 17.2. The SMILES string of the molecule is CC1(C)ON(c2ccc(S(=O)N3CC4(COC4)C3)cc2)OC1(C)C.O. The van der Waals surface area contributed by atoms with E-state index in [0.29, 0.717) is 0 Å². The number of benzene rings is 1. The first-order valence-corrected chi connectivity index (χ1v) is 9.35. The van der Waals surface area contributed by atoms with Crippen LogP contribution >= 0.6 is 0 Å². The highest BCUT2D eigenvalue weighted by Gasteiger charge is 2.51. The smallest absolute Gasteiger partial charge is 0.127 e. The molecule has 2 N–H and O–H groups in total. The first kappa shape index (κ1) is 18.8. The van der Waals surface area contributed by atoms with Gasteiger partial charge in [0.05, 0.1) is 23.8 Å². The third kappa shape index (κ3) is 3.01. The Morgan fingerprint density at radius 3 is 1.92 bits per heavy atom. The van der Waals surface area contributed by atoms with Gasteiger partial charge in [-0.25, -0.2) is 18.2 Å². The number of ether oxygens (including phenoxy) is 1. The maximum Gasteiger partial charge on any atom is 0.127 e. The molecule has 3 heterocycles. The minimum Gasteiger partial charge on any atom is -0.412 e. The van der Waals surface area contributed by atoms with Gasteiger partial charge in [-0.15, -0.1) is 5.23 Å². The highest BCUT2D eigenvalue weighted by Crippen LogP contribution is 2.41. The van der Waals surface area contributed by atoms with Gasteiger partial charge in [-0.05, 0) is 52.0 Å². The number of hydrogen-bond donors (Lipinski definition) is 0. The van der Waals surface area contributed by atoms with Gasteiger partial charge < -0.3 is 10.2 Å². The molecule has 1 atom stereocenters. The fourth-order valence-corrected chi connectivity index (χ4v) is 4.43. The summed E-state index contributed by atoms with van der Waals surface area (Å²) < 4.78 is 19.9. The Kier molecular flexibility index (Phi) is 4.50. The van der Waals surface area contributed by atoms with Crippen LogP contribution in [0, 0.1) is 5.41 Å². The lowest BCUT2D eigenvalue weighted by molar-refractivity contribution is -0.165. The van der Waals surface area contributed by atoms with E-state index in [9.17, 15) is 4.21 Å². The van der Waals surface area contributed by atoms with E-state index < -0.39 is 22.2 Å². The number of nitrogens with zero attached hydrogens (tertiary/aromatic N) is 2. The molecule has 1 unspecified atom stereocenters. The molecule has 25 heavy (non-hydrogen) atoms. The van der Waals surface area contributed by atoms with Crippen molar-refractivity contribution in [2.24, 2.45) is 5.41 Å². The minimum atomic E-state index is -1.12. The first-order chi connectivity index (χ1) is 11.2. The van der Waals surface area contributed by atoms with Crippen LogP contribution in [-0.2, 0) is 25.4 Å². The van der Waals surface area contributed by atoms with Gasteiger partial charge in [-0.2, -0.15) is 0 Å². The van der Waals surface area contributed by atoms with E-state index in [2.05, 4.69) is 0 Å². The highest BCUT2D eigenvalue weighted by molar-refractivity contribution is 7.82. The average Bonchev–Trinajstić information content (AvgIpc) is 2.64. The summed E-state index contributed by atoms with van der Waals surface area (Å²) in [5.41, 5.74) is 0.211. The van der Waals surface area contributed by atoms with E-state index in [-0.39, 0.29) is 10.9 Å². The molecular formula is C17H26N2O5S. The van der Waals surface area contributed by atoms with Crippen LogP contribution in [0.1, 0.15) is 27.7 Å². The van der Waals surface area contributed by atoms with E-state index in [1.165, 1.54) is 5.23 Å². The van der Waals surface area contributed by atoms with Crippen molar-refractivity contribution in [3.8, 4) is 0 Å². The summed E-state index contributed by atoms with van der Waals surface area (Å²) in [6.45, 7) is 11.3. The molecule has 3 aliphatic heterocycles. The molecule has 0 saturated carbocycles. The summed E-state index contributed by atoms with van der Waals surface area (Å²) in [4.78, 5) is 12.6. The fraction of sp³-hybridized carbons (Fsp3) is 0.647. The van der Waals surface area contributed by atoms with Crippen molar-refractivity contribution in [1.29, 1.82) is 0 Å². The summed E-state index contributed by atoms with van der Waals surface area (Å²) >= 11 is 0. The molecule has 0 radical (unpaired) electrons. The molecule has 0 bridgehead atoms. The van der Waals surface area contributed by atoms with Crippen molar-refractivity contribution in [2.75, 3.05) is 31.5 Å². The van der Waals surface area contributed by atoms with Gasteiger partial charge in [0.15, 0.2) is 0 Å². The fourth-order valence-electron chi connectivity index (χ4n) is 2.98. The van der Waals surface area contributed by atoms with Gasteiger partial charge >= 0.3 is 0 Å². The van der Waals surface area contributed by atoms with Gasteiger partial charge in [0.1, 0.15) is 22.2 Å². The van der Waals surface area contributed by atoms with Crippen LogP contribution in [-0.4, -0.2) is 51.5 Å². The second-order valence-electron chi connectivity index (χ2n) is 7.99. The lowest BCUT2D eigenvalue weighted by atomic mass is 9.80. The second-order valence-corrected chi connectivity index (χ2v) is 9.48. The second kappa shape index (κ2) is 6.00. The molecular weight excluding hydrogens is 344 g/mol. The Labute approximate surface area is 150 Å². The Morgan fingerprint density at radius 1 is 0.960 bits per heavy atom. The third-order valence-electron chi connectivity index (χ3n) is 5.40. The standard InChI is InChI=1S/C17H24N2O4S.H2O/c1-15(2)16(3,4)23-19(22-15)13-5-7-14(8-6-13)24(20)18-9-17(10-18)11-21-12-17;/h5-8H,9-12H2,1-4H3;1H2. The third-order valence-corrected chi connectivity index (χ3v) is 6.80. The first-order valence-electron chi connectivity index (χ1n) is 8.25. The number of hydrogen-bond acceptors (Lipinski definition) is 5. The van der Waals surface area contributed by atoms with Crippen molar-refractivity contribution in [3.63, 3.8) is 0 Å². The molecule has 3 saturated heterocycles. The van der Waals surface area contributed by atoms with E-state index in [4.69, 9.17) is 14.4 Å². The highest BCUT2D eigenvalue weighted by atomic mass is 32.2. The van der Waals surface area contributed by atoms with Crippen LogP contribution < -0.4 is 5.23 Å². The lowest BCUT2D eigenvalue weighted by Gasteiger charge is -2.53. The monoisotopic (exact) mass is 370 g/mol. The van der Waals surface area contributed by atoms with E-state index in [1.807, 2.05) is 56.3 Å². The van der Waals surface area contributed by atoms with Crippen molar-refractivity contribution < 1.29 is 24.1 Å². The Bertz CT molecular complexity index is 648. The summed E-state index contributed by atoms with van der Waals surface area (Å²) in [6.07, 6.45) is 0. The van der Waals surface area contributed by atoms with Crippen LogP contribution in [0.15, 0.2) is 29.2 Å². The quantitative estimate of drug-likeness (QED) is 0.804. The zero-order valence-corrected chi connectivity index (χ0v) is 15.9. The lowest BCUT2D eigenvalue weighted by Crippen LogP contribution is -2.65. The molecule has 140 valence electrons. The van der Waals surface area contributed by atoms with Crippen molar-refractivity contribution in [1.82, 2.24) is 4.31 Å². The zero-order valence-electron chi connectivity index (χ0n) is 15.1. The summed E-state index contributed by atoms with van der Waals surface area (Å²) in [5, 5.41) is 1.46. The molecule has 0 aromatic heterocycles. The molecule has 1 aromatic rings. The largest absolute Gasteiger partial charge is 0.412 e. The van der Waals surface area contributed by atoms with Crippen molar-refractivity contribution in [3.05, 3.63) is 24.3 Å². The Balaban J connectivity index is 0.00000182. The van der Waals surface area contributed by atoms with Crippen molar-refractivity contribution in [2.45, 2.75) is 43.8 Å². The van der Waals surface area contributed by atoms with Crippen LogP contribution in [0.2, 0.25) is 0 Å². The number of rotatable bonds is 3. The summed E-state index contributed by atoms with van der Waals surface area (Å²) in [7, 11) is -1.12. The van der Waals surface area contributed by atoms with Gasteiger partial charge in [0.2, 0.25) is 0 Å². The van der Waals surface area contributed by atoms with Crippen LogP contribution in [0.4, 0.5) is 5.69 Å². The maximum absolute atomic E-state index is 12.6. The van der Waals surface area contributed by atoms with Gasteiger partial charge in [0, 0.05) is 18.5 Å². The van der Waals surface area contributed by atoms with E-state index in [1.54, 1.807) is 0 Å². The summed E-state index contributed by atoms with van der Waals surface area (Å²) in [6, 6.07) is 7.51. The molecule has 0 amide bonds. The Hall–Kier alpha value is -1.03. The van der Waals surface area contributed by atoms with Crippen LogP contribution in [0.5, 0.6) is 0 Å². The number of anilines is 1. The Morgan fingerprint density at radius 2 is 1.48 bits per heavy atom. The molecule has 3 fully saturated rings. The topological polar surface area (TPSA) is 82.7 Å². The van der Waals surface area contributed by atoms with Crippen molar-refractivity contribution >= 4 is 16.7 Å². The predicted molar refractivity (Wildman–Crippen MR) is 94.1 cm³/mol. The summed E-state index contributed by atoms with van der Waals surface area (Å²) in [5.74, 6) is 0. The molecule has 7 nitrogen and oxygen atoms in total. The average molecular weight is 370 g/mol. The molecule has 1 aromatic carbocycles. The van der Waals surface area contributed by atoms with E-state index in [0.717, 1.165) is 36.9 Å². The van der Waals surface area contributed by atoms with Gasteiger partial charge in [-0.3, -0.25) is 0 Å². The minimum absolute atomic E-state index is 0. The van der Waals surface area contributed by atoms with Crippen LogP contribution in [0.3, 0.4) is 0 Å². The van der Waals surface area contributed by atoms with Gasteiger partial charge in [-0.1, -0.05) is 0 Å².